The summed E-state index contributed by atoms with van der Waals surface area (Å²) in [6.07, 6.45) is 0.812. The fraction of sp³-hybridized carbons (Fsp3) is 0.364. The van der Waals surface area contributed by atoms with E-state index in [-0.39, 0.29) is 24.3 Å². The molecular weight excluding hydrogens is 360 g/mol. The summed E-state index contributed by atoms with van der Waals surface area (Å²) in [7, 11) is 0. The van der Waals surface area contributed by atoms with E-state index >= 15 is 0 Å². The van der Waals surface area contributed by atoms with Crippen molar-refractivity contribution in [3.8, 4) is 0 Å². The predicted octanol–water partition coefficient (Wildman–Crippen LogP) is 4.21. The lowest BCUT2D eigenvalue weighted by molar-refractivity contribution is -0.141. The minimum absolute atomic E-state index is 0.0214. The number of hydrogen-bond acceptors (Lipinski definition) is 2. The zero-order chi connectivity index (χ0) is 19.8. The van der Waals surface area contributed by atoms with Crippen LogP contribution in [0.25, 0.3) is 0 Å². The van der Waals surface area contributed by atoms with E-state index in [4.69, 9.17) is 11.6 Å². The van der Waals surface area contributed by atoms with Crippen LogP contribution in [-0.4, -0.2) is 28.8 Å². The number of nitrogens with zero attached hydrogens (tertiary/aromatic N) is 1. The van der Waals surface area contributed by atoms with Crippen LogP contribution in [0.4, 0.5) is 0 Å². The van der Waals surface area contributed by atoms with E-state index in [9.17, 15) is 9.59 Å². The molecule has 1 atom stereocenters. The molecule has 0 saturated carbocycles. The zero-order valence-electron chi connectivity index (χ0n) is 16.1. The summed E-state index contributed by atoms with van der Waals surface area (Å²) in [4.78, 5) is 27.5. The van der Waals surface area contributed by atoms with Crippen LogP contribution >= 0.6 is 11.6 Å². The smallest absolute Gasteiger partial charge is 0.243 e. The van der Waals surface area contributed by atoms with E-state index in [1.165, 1.54) is 0 Å². The highest BCUT2D eigenvalue weighted by Gasteiger charge is 2.28. The van der Waals surface area contributed by atoms with Gasteiger partial charge in [0.1, 0.15) is 6.04 Å². The summed E-state index contributed by atoms with van der Waals surface area (Å²) in [5.74, 6) is -0.190. The van der Waals surface area contributed by atoms with Crippen LogP contribution in [0.3, 0.4) is 0 Å². The van der Waals surface area contributed by atoms with Crippen molar-refractivity contribution >= 4 is 23.4 Å². The van der Waals surface area contributed by atoms with Gasteiger partial charge in [0.2, 0.25) is 11.8 Å². The second-order valence-corrected chi connectivity index (χ2v) is 7.33. The van der Waals surface area contributed by atoms with E-state index in [0.717, 1.165) is 11.1 Å². The minimum atomic E-state index is -0.515. The van der Waals surface area contributed by atoms with Gasteiger partial charge in [-0.15, -0.1) is 0 Å². The molecule has 1 N–H and O–H groups in total. The summed E-state index contributed by atoms with van der Waals surface area (Å²) in [5, 5.41) is 3.58. The molecule has 0 fully saturated rings. The predicted molar refractivity (Wildman–Crippen MR) is 110 cm³/mol. The Kier molecular flexibility index (Phi) is 7.86. The maximum atomic E-state index is 13.1. The Hall–Kier alpha value is -2.33. The summed E-state index contributed by atoms with van der Waals surface area (Å²) >= 11 is 5.97. The molecule has 2 rings (SSSR count). The molecule has 5 heteroatoms. The Balaban J connectivity index is 2.26. The van der Waals surface area contributed by atoms with Crippen molar-refractivity contribution in [1.82, 2.24) is 10.2 Å². The molecule has 0 aromatic heterocycles. The fourth-order valence-corrected chi connectivity index (χ4v) is 3.08. The number of hydrogen-bond donors (Lipinski definition) is 1. The first-order chi connectivity index (χ1) is 12.9. The molecule has 2 aromatic rings. The Labute approximate surface area is 166 Å². The first kappa shape index (κ1) is 21.0. The van der Waals surface area contributed by atoms with Crippen LogP contribution in [0.1, 0.15) is 38.3 Å². The summed E-state index contributed by atoms with van der Waals surface area (Å²) < 4.78 is 0. The highest BCUT2D eigenvalue weighted by Crippen LogP contribution is 2.17. The van der Waals surface area contributed by atoms with E-state index in [2.05, 4.69) is 5.32 Å². The molecule has 0 aliphatic rings. The third-order valence-electron chi connectivity index (χ3n) is 4.28. The van der Waals surface area contributed by atoms with Crippen molar-refractivity contribution in [3.63, 3.8) is 0 Å². The quantitative estimate of drug-likeness (QED) is 0.738. The fourth-order valence-electron chi connectivity index (χ4n) is 2.96. The standard InChI is InChI=1S/C22H27ClN2O2/c1-4-20(22(27)24-16(2)3)25(15-18-10-12-19(23)13-11-18)21(26)14-17-8-6-5-7-9-17/h5-13,16,20H,4,14-15H2,1-3H3,(H,24,27). The number of carbonyl (C=O) groups excluding carboxylic acids is 2. The van der Waals surface area contributed by atoms with Crippen LogP contribution < -0.4 is 5.32 Å². The average Bonchev–Trinajstić information content (AvgIpc) is 2.63. The molecule has 0 bridgehead atoms. The summed E-state index contributed by atoms with van der Waals surface area (Å²) in [5.41, 5.74) is 1.87. The van der Waals surface area contributed by atoms with Gasteiger partial charge in [-0.3, -0.25) is 9.59 Å². The molecule has 4 nitrogen and oxygen atoms in total. The lowest BCUT2D eigenvalue weighted by atomic mass is 10.1. The number of benzene rings is 2. The molecule has 0 spiro atoms. The van der Waals surface area contributed by atoms with Gasteiger partial charge in [0, 0.05) is 17.6 Å². The van der Waals surface area contributed by atoms with Crippen molar-refractivity contribution in [2.45, 2.75) is 52.2 Å². The molecule has 0 aliphatic carbocycles. The molecule has 144 valence electrons. The van der Waals surface area contributed by atoms with Gasteiger partial charge in [-0.1, -0.05) is 61.0 Å². The normalized spacial score (nSPS) is 11.9. The molecule has 1 unspecified atom stereocenters. The van der Waals surface area contributed by atoms with Crippen LogP contribution in [0, 0.1) is 0 Å². The first-order valence-electron chi connectivity index (χ1n) is 9.29. The van der Waals surface area contributed by atoms with Crippen LogP contribution in [-0.2, 0) is 22.6 Å². The van der Waals surface area contributed by atoms with Crippen LogP contribution in [0.15, 0.2) is 54.6 Å². The largest absolute Gasteiger partial charge is 0.352 e. The lowest BCUT2D eigenvalue weighted by Gasteiger charge is -2.31. The Morgan fingerprint density at radius 3 is 2.19 bits per heavy atom. The molecule has 2 amide bonds. The maximum absolute atomic E-state index is 13.1. The van der Waals surface area contributed by atoms with Gasteiger partial charge < -0.3 is 10.2 Å². The Morgan fingerprint density at radius 2 is 1.63 bits per heavy atom. The van der Waals surface area contributed by atoms with Crippen LogP contribution in [0.2, 0.25) is 5.02 Å². The molecule has 0 saturated heterocycles. The lowest BCUT2D eigenvalue weighted by Crippen LogP contribution is -2.50. The van der Waals surface area contributed by atoms with Gasteiger partial charge in [-0.2, -0.15) is 0 Å². The Bertz CT molecular complexity index is 745. The van der Waals surface area contributed by atoms with Gasteiger partial charge in [-0.25, -0.2) is 0 Å². The molecular formula is C22H27ClN2O2. The molecule has 0 heterocycles. The highest BCUT2D eigenvalue weighted by molar-refractivity contribution is 6.30. The first-order valence-corrected chi connectivity index (χ1v) is 9.66. The average molecular weight is 387 g/mol. The summed E-state index contributed by atoms with van der Waals surface area (Å²) in [6, 6.07) is 16.5. The van der Waals surface area contributed by atoms with Crippen molar-refractivity contribution in [3.05, 3.63) is 70.7 Å². The van der Waals surface area contributed by atoms with Gasteiger partial charge in [0.15, 0.2) is 0 Å². The van der Waals surface area contributed by atoms with Crippen LogP contribution in [0.5, 0.6) is 0 Å². The van der Waals surface area contributed by atoms with E-state index in [1.807, 2.05) is 63.2 Å². The Morgan fingerprint density at radius 1 is 1.00 bits per heavy atom. The van der Waals surface area contributed by atoms with Crippen molar-refractivity contribution in [2.75, 3.05) is 0 Å². The number of carbonyl (C=O) groups is 2. The van der Waals surface area contributed by atoms with Crippen molar-refractivity contribution in [1.29, 1.82) is 0 Å². The maximum Gasteiger partial charge on any atom is 0.243 e. The van der Waals surface area contributed by atoms with E-state index in [1.54, 1.807) is 17.0 Å². The second-order valence-electron chi connectivity index (χ2n) is 6.90. The van der Waals surface area contributed by atoms with Gasteiger partial charge in [-0.05, 0) is 43.5 Å². The van der Waals surface area contributed by atoms with Gasteiger partial charge >= 0.3 is 0 Å². The van der Waals surface area contributed by atoms with Crippen molar-refractivity contribution in [2.24, 2.45) is 0 Å². The molecule has 0 aliphatic heterocycles. The highest BCUT2D eigenvalue weighted by atomic mass is 35.5. The third-order valence-corrected chi connectivity index (χ3v) is 4.53. The second kappa shape index (κ2) is 10.1. The minimum Gasteiger partial charge on any atom is -0.352 e. The zero-order valence-corrected chi connectivity index (χ0v) is 16.9. The van der Waals surface area contributed by atoms with Gasteiger partial charge in [0.05, 0.1) is 6.42 Å². The summed E-state index contributed by atoms with van der Waals surface area (Å²) in [6.45, 7) is 6.13. The molecule has 2 aromatic carbocycles. The van der Waals surface area contributed by atoms with E-state index in [0.29, 0.717) is 18.0 Å². The topological polar surface area (TPSA) is 49.4 Å². The van der Waals surface area contributed by atoms with Gasteiger partial charge in [0.25, 0.3) is 0 Å². The third kappa shape index (κ3) is 6.40. The van der Waals surface area contributed by atoms with E-state index < -0.39 is 6.04 Å². The number of halogens is 1. The SMILES string of the molecule is CCC(C(=O)NC(C)C)N(Cc1ccc(Cl)cc1)C(=O)Cc1ccccc1. The number of amides is 2. The molecule has 27 heavy (non-hydrogen) atoms. The molecule has 0 radical (unpaired) electrons. The number of nitrogens with one attached hydrogen (secondary N) is 1. The van der Waals surface area contributed by atoms with Crippen molar-refractivity contribution < 1.29 is 9.59 Å². The monoisotopic (exact) mass is 386 g/mol. The number of rotatable bonds is 8.